The smallest absolute Gasteiger partial charge is 0.344 e. The van der Waals surface area contributed by atoms with Gasteiger partial charge in [0.05, 0.1) is 11.8 Å². The Kier molecular flexibility index (Phi) is 6.55. The number of benzene rings is 1. The molecule has 1 amide bonds. The van der Waals surface area contributed by atoms with Gasteiger partial charge < -0.3 is 5.32 Å². The van der Waals surface area contributed by atoms with Crippen molar-refractivity contribution in [3.05, 3.63) is 46.4 Å². The lowest BCUT2D eigenvalue weighted by molar-refractivity contribution is -0.121. The number of aromatic nitrogens is 3. The summed E-state index contributed by atoms with van der Waals surface area (Å²) in [6.07, 6.45) is 7.00. The molecular formula is C19H26N4O2S. The Morgan fingerprint density at radius 2 is 1.96 bits per heavy atom. The molecule has 7 heteroatoms. The summed E-state index contributed by atoms with van der Waals surface area (Å²) in [5.41, 5.74) is 0.765. The van der Waals surface area contributed by atoms with E-state index in [2.05, 4.69) is 15.5 Å². The van der Waals surface area contributed by atoms with E-state index >= 15 is 0 Å². The lowest BCUT2D eigenvalue weighted by Gasteiger charge is -2.19. The van der Waals surface area contributed by atoms with Crippen LogP contribution in [0.1, 0.15) is 51.0 Å². The van der Waals surface area contributed by atoms with Gasteiger partial charge in [-0.3, -0.25) is 9.36 Å². The van der Waals surface area contributed by atoms with Crippen LogP contribution < -0.4 is 11.0 Å². The van der Waals surface area contributed by atoms with Crippen molar-refractivity contribution in [3.8, 4) is 0 Å². The van der Waals surface area contributed by atoms with Gasteiger partial charge in [0.25, 0.3) is 0 Å². The third kappa shape index (κ3) is 5.00. The number of rotatable bonds is 6. The third-order valence-corrected chi connectivity index (χ3v) is 5.85. The molecule has 0 unspecified atom stereocenters. The van der Waals surface area contributed by atoms with E-state index in [1.165, 1.54) is 37.4 Å². The van der Waals surface area contributed by atoms with Crippen molar-refractivity contribution in [1.82, 2.24) is 20.1 Å². The average molecular weight is 375 g/mol. The summed E-state index contributed by atoms with van der Waals surface area (Å²) >= 11 is 1.32. The van der Waals surface area contributed by atoms with Gasteiger partial charge in [0.2, 0.25) is 5.91 Å². The molecule has 2 aromatic rings. The summed E-state index contributed by atoms with van der Waals surface area (Å²) in [5, 5.41) is 10.0. The van der Waals surface area contributed by atoms with Crippen LogP contribution in [0.2, 0.25) is 0 Å². The molecule has 0 bridgehead atoms. The Hall–Kier alpha value is -2.02. The molecule has 26 heavy (non-hydrogen) atoms. The largest absolute Gasteiger partial charge is 0.352 e. The minimum Gasteiger partial charge on any atom is -0.352 e. The molecule has 0 aliphatic heterocycles. The number of hydrogen-bond acceptors (Lipinski definition) is 4. The minimum absolute atomic E-state index is 0.0172. The summed E-state index contributed by atoms with van der Waals surface area (Å²) in [5.74, 6) is 0.0172. The maximum absolute atomic E-state index is 12.5. The monoisotopic (exact) mass is 374 g/mol. The normalized spacial score (nSPS) is 16.8. The number of carbonyl (C=O) groups excluding carboxylic acids is 1. The van der Waals surface area contributed by atoms with Crippen molar-refractivity contribution in [2.75, 3.05) is 0 Å². The molecule has 3 rings (SSSR count). The second kappa shape index (κ2) is 9.07. The highest BCUT2D eigenvalue weighted by atomic mass is 32.2. The van der Waals surface area contributed by atoms with Gasteiger partial charge in [0.15, 0.2) is 5.16 Å². The first-order valence-corrected chi connectivity index (χ1v) is 10.2. The van der Waals surface area contributed by atoms with E-state index in [9.17, 15) is 9.59 Å². The number of carbonyl (C=O) groups is 1. The van der Waals surface area contributed by atoms with E-state index in [1.807, 2.05) is 37.3 Å². The highest BCUT2D eigenvalue weighted by Crippen LogP contribution is 2.22. The fourth-order valence-corrected chi connectivity index (χ4v) is 4.12. The van der Waals surface area contributed by atoms with E-state index in [0.29, 0.717) is 11.7 Å². The summed E-state index contributed by atoms with van der Waals surface area (Å²) in [7, 11) is 0. The molecule has 0 radical (unpaired) electrons. The fraction of sp³-hybridized carbons (Fsp3) is 0.526. The first kappa shape index (κ1) is 18.8. The first-order chi connectivity index (χ1) is 12.6. The number of hydrogen-bond donors (Lipinski definition) is 2. The quantitative estimate of drug-likeness (QED) is 0.602. The number of nitrogens with zero attached hydrogens (tertiary/aromatic N) is 2. The lowest BCUT2D eigenvalue weighted by atomic mass is 10.1. The molecule has 0 saturated heterocycles. The Morgan fingerprint density at radius 1 is 1.27 bits per heavy atom. The molecule has 1 aromatic carbocycles. The first-order valence-electron chi connectivity index (χ1n) is 9.29. The van der Waals surface area contributed by atoms with Crippen molar-refractivity contribution in [3.63, 3.8) is 0 Å². The van der Waals surface area contributed by atoms with Crippen LogP contribution in [0.3, 0.4) is 0 Å². The molecule has 1 fully saturated rings. The molecule has 1 heterocycles. The molecule has 1 aromatic heterocycles. The van der Waals surface area contributed by atoms with Crippen molar-refractivity contribution >= 4 is 17.7 Å². The van der Waals surface area contributed by atoms with Crippen LogP contribution >= 0.6 is 11.8 Å². The van der Waals surface area contributed by atoms with Gasteiger partial charge in [-0.25, -0.2) is 9.89 Å². The topological polar surface area (TPSA) is 79.8 Å². The number of aromatic amines is 1. The van der Waals surface area contributed by atoms with Crippen molar-refractivity contribution < 1.29 is 4.79 Å². The Labute approximate surface area is 157 Å². The average Bonchev–Trinajstić information content (AvgIpc) is 2.85. The van der Waals surface area contributed by atoms with Gasteiger partial charge in [-0.2, -0.15) is 0 Å². The summed E-state index contributed by atoms with van der Waals surface area (Å²) in [4.78, 5) is 24.6. The van der Waals surface area contributed by atoms with Crippen molar-refractivity contribution in [2.45, 2.75) is 68.4 Å². The molecular weight excluding hydrogens is 348 g/mol. The zero-order valence-electron chi connectivity index (χ0n) is 15.1. The van der Waals surface area contributed by atoms with E-state index in [1.54, 1.807) is 4.57 Å². The van der Waals surface area contributed by atoms with Crippen LogP contribution in [-0.2, 0) is 11.3 Å². The lowest BCUT2D eigenvalue weighted by Crippen LogP contribution is -2.39. The highest BCUT2D eigenvalue weighted by Gasteiger charge is 2.22. The van der Waals surface area contributed by atoms with E-state index in [0.717, 1.165) is 18.4 Å². The summed E-state index contributed by atoms with van der Waals surface area (Å²) in [6, 6.07) is 10.0. The van der Waals surface area contributed by atoms with Gasteiger partial charge in [-0.1, -0.05) is 67.8 Å². The minimum atomic E-state index is -0.303. The van der Waals surface area contributed by atoms with E-state index < -0.39 is 0 Å². The summed E-state index contributed by atoms with van der Waals surface area (Å²) in [6.45, 7) is 2.30. The molecule has 140 valence electrons. The fourth-order valence-electron chi connectivity index (χ4n) is 3.25. The zero-order valence-corrected chi connectivity index (χ0v) is 15.9. The predicted octanol–water partition coefficient (Wildman–Crippen LogP) is 2.94. The van der Waals surface area contributed by atoms with Crippen LogP contribution in [0.5, 0.6) is 0 Å². The SMILES string of the molecule is C[C@H](Sc1n[nH]c(=O)n1Cc1ccccc1)C(=O)NC1CCCCCC1. The molecule has 0 spiro atoms. The predicted molar refractivity (Wildman–Crippen MR) is 103 cm³/mol. The second-order valence-electron chi connectivity index (χ2n) is 6.84. The molecule has 1 saturated carbocycles. The zero-order chi connectivity index (χ0) is 18.4. The van der Waals surface area contributed by atoms with Gasteiger partial charge in [-0.15, -0.1) is 5.10 Å². The van der Waals surface area contributed by atoms with Gasteiger partial charge in [-0.05, 0) is 25.3 Å². The Morgan fingerprint density at radius 3 is 2.65 bits per heavy atom. The standard InChI is InChI=1S/C19H26N4O2S/c1-14(17(24)20-16-11-7-2-3-8-12-16)26-19-22-21-18(25)23(19)13-15-9-5-4-6-10-15/h4-6,9-10,14,16H,2-3,7-8,11-13H2,1H3,(H,20,24)(H,21,25)/t14-/m0/s1. The number of nitrogens with one attached hydrogen (secondary N) is 2. The van der Waals surface area contributed by atoms with E-state index in [-0.39, 0.29) is 22.9 Å². The Bertz CT molecular complexity index is 763. The number of amides is 1. The van der Waals surface area contributed by atoms with Gasteiger partial charge >= 0.3 is 5.69 Å². The molecule has 1 aliphatic rings. The third-order valence-electron chi connectivity index (χ3n) is 4.76. The highest BCUT2D eigenvalue weighted by molar-refractivity contribution is 8.00. The molecule has 1 aliphatic carbocycles. The number of thioether (sulfide) groups is 1. The van der Waals surface area contributed by atoms with Gasteiger partial charge in [0.1, 0.15) is 0 Å². The second-order valence-corrected chi connectivity index (χ2v) is 8.15. The maximum Gasteiger partial charge on any atom is 0.344 e. The van der Waals surface area contributed by atoms with Crippen LogP contribution in [0, 0.1) is 0 Å². The Balaban J connectivity index is 1.62. The molecule has 1 atom stereocenters. The number of H-pyrrole nitrogens is 1. The molecule has 6 nitrogen and oxygen atoms in total. The van der Waals surface area contributed by atoms with Crippen molar-refractivity contribution in [2.24, 2.45) is 0 Å². The summed E-state index contributed by atoms with van der Waals surface area (Å²) < 4.78 is 1.58. The van der Waals surface area contributed by atoms with Crippen LogP contribution in [0.25, 0.3) is 0 Å². The maximum atomic E-state index is 12.5. The van der Waals surface area contributed by atoms with E-state index in [4.69, 9.17) is 0 Å². The van der Waals surface area contributed by atoms with Crippen LogP contribution in [0.4, 0.5) is 0 Å². The van der Waals surface area contributed by atoms with Crippen molar-refractivity contribution in [1.29, 1.82) is 0 Å². The van der Waals surface area contributed by atoms with Crippen LogP contribution in [0.15, 0.2) is 40.3 Å². The van der Waals surface area contributed by atoms with Crippen LogP contribution in [-0.4, -0.2) is 32.0 Å². The van der Waals surface area contributed by atoms with Gasteiger partial charge in [0, 0.05) is 6.04 Å². The molecule has 2 N–H and O–H groups in total.